The number of para-hydroxylation sites is 1. The van der Waals surface area contributed by atoms with Gasteiger partial charge in [-0.05, 0) is 180 Å². The van der Waals surface area contributed by atoms with Gasteiger partial charge in [0, 0.05) is 44.8 Å². The maximum absolute atomic E-state index is 14.4. The normalized spacial score (nSPS) is 16.1. The summed E-state index contributed by atoms with van der Waals surface area (Å²) in [7, 11) is 1.81. The standard InChI is InChI=1S/C59H47BrCl4N10O4/c1-4-29-18-34(30-9-10-30)21-51-52(29)56(65-3)71-59(77)72(51)46-15-13-32(17-28(46)2)36-19-35(36)26-66-54-38-22-42(62)37(31-11-12-31)24-49(38)74(57(75)69-54)48-16-14-33(20-44(48)64)53-45(27-67-78-53)68-55-39-23-43(63)40(60)25-50(39)73(58(76)70-55)47-8-6-5-7-41(47)61/h5-8,13-18,20-25,27,30-31,35-36H,4,9-12,19,26H2,1-3H3,(H,65,71,77)(H,66,69,75)(H,68,70,76). The van der Waals surface area contributed by atoms with Gasteiger partial charge in [0.15, 0.2) is 5.76 Å². The van der Waals surface area contributed by atoms with Crippen molar-refractivity contribution in [2.45, 2.75) is 70.1 Å². The molecule has 14 nitrogen and oxygen atoms in total. The maximum atomic E-state index is 14.4. The third-order valence-corrected chi connectivity index (χ3v) is 17.6. The molecule has 13 rings (SSSR count). The second kappa shape index (κ2) is 19.7. The maximum Gasteiger partial charge on any atom is 0.354 e. The van der Waals surface area contributed by atoms with Crippen molar-refractivity contribution in [1.82, 2.24) is 33.8 Å². The Balaban J connectivity index is 0.786. The summed E-state index contributed by atoms with van der Waals surface area (Å²) in [5.41, 5.74) is 8.78. The van der Waals surface area contributed by atoms with Crippen molar-refractivity contribution in [2.24, 2.45) is 5.92 Å². The van der Waals surface area contributed by atoms with Gasteiger partial charge in [-0.25, -0.2) is 14.4 Å². The number of rotatable bonds is 14. The molecule has 10 aromatic rings. The predicted octanol–water partition coefficient (Wildman–Crippen LogP) is 14.4. The summed E-state index contributed by atoms with van der Waals surface area (Å²) in [5, 5.41) is 17.9. The molecular formula is C59H47BrCl4N10O4. The van der Waals surface area contributed by atoms with E-state index in [0.717, 1.165) is 53.4 Å². The van der Waals surface area contributed by atoms with Crippen LogP contribution in [0.3, 0.4) is 0 Å². The highest BCUT2D eigenvalue weighted by molar-refractivity contribution is 9.10. The van der Waals surface area contributed by atoms with Crippen molar-refractivity contribution in [2.75, 3.05) is 29.5 Å². The van der Waals surface area contributed by atoms with E-state index < -0.39 is 11.4 Å². The van der Waals surface area contributed by atoms with Gasteiger partial charge in [-0.2, -0.15) is 15.0 Å². The minimum absolute atomic E-state index is 0.203. The Labute approximate surface area is 474 Å². The molecule has 4 heterocycles. The van der Waals surface area contributed by atoms with E-state index in [1.54, 1.807) is 59.2 Å². The molecule has 2 atom stereocenters. The smallest absolute Gasteiger partial charge is 0.354 e. The molecule has 0 radical (unpaired) electrons. The van der Waals surface area contributed by atoms with Gasteiger partial charge in [-0.3, -0.25) is 13.7 Å². The van der Waals surface area contributed by atoms with Gasteiger partial charge < -0.3 is 20.5 Å². The first-order valence-electron chi connectivity index (χ1n) is 25.8. The monoisotopic (exact) mass is 1180 g/mol. The SMILES string of the molecule is CCc1cc(C2CC2)cc2c1c(NC)nc(=O)n2-c1ccc(C2CC2CNc2nc(=O)n(-c3ccc(-c4oncc4Nc4nc(=O)n(-c5ccccc5Cl)c5cc(Br)c(Cl)cc45)cc3Cl)c3cc(C4CC4)c(Cl)cc23)cc1C. The lowest BCUT2D eigenvalue weighted by Gasteiger charge is -2.18. The highest BCUT2D eigenvalue weighted by atomic mass is 79.9. The number of hydrogen-bond donors (Lipinski definition) is 3. The van der Waals surface area contributed by atoms with E-state index in [0.29, 0.717) is 93.8 Å². The van der Waals surface area contributed by atoms with Crippen LogP contribution in [0.25, 0.3) is 61.1 Å². The first kappa shape index (κ1) is 50.5. The number of aromatic nitrogens is 7. The summed E-state index contributed by atoms with van der Waals surface area (Å²) in [5.74, 6) is 2.90. The van der Waals surface area contributed by atoms with Gasteiger partial charge in [-0.1, -0.05) is 88.8 Å². The summed E-state index contributed by atoms with van der Waals surface area (Å²) in [4.78, 5) is 55.6. The summed E-state index contributed by atoms with van der Waals surface area (Å²) in [6, 6.07) is 30.4. The number of fused-ring (bicyclic) bond motifs is 3. The molecule has 4 aromatic heterocycles. The molecule has 3 aliphatic rings. The van der Waals surface area contributed by atoms with Crippen LogP contribution in [0.1, 0.15) is 84.6 Å². The first-order valence-corrected chi connectivity index (χ1v) is 28.1. The molecule has 6 aromatic carbocycles. The summed E-state index contributed by atoms with van der Waals surface area (Å²) in [6.07, 6.45) is 7.58. The quantitative estimate of drug-likeness (QED) is 0.0948. The lowest BCUT2D eigenvalue weighted by atomic mass is 9.99. The number of nitrogens with zero attached hydrogens (tertiary/aromatic N) is 7. The van der Waals surface area contributed by atoms with Crippen molar-refractivity contribution in [3.05, 3.63) is 187 Å². The minimum Gasteiger partial charge on any atom is -0.372 e. The summed E-state index contributed by atoms with van der Waals surface area (Å²) in [6.45, 7) is 4.78. The Morgan fingerprint density at radius 2 is 1.33 bits per heavy atom. The predicted molar refractivity (Wildman–Crippen MR) is 315 cm³/mol. The fourth-order valence-corrected chi connectivity index (χ4v) is 12.4. The lowest BCUT2D eigenvalue weighted by Crippen LogP contribution is -2.24. The van der Waals surface area contributed by atoms with Crippen molar-refractivity contribution < 1.29 is 4.52 Å². The fraction of sp³-hybridized carbons (Fsp3) is 0.237. The molecule has 3 saturated carbocycles. The molecule has 3 N–H and O–H groups in total. The van der Waals surface area contributed by atoms with Crippen molar-refractivity contribution in [3.8, 4) is 28.4 Å². The van der Waals surface area contributed by atoms with Gasteiger partial charge in [0.25, 0.3) is 0 Å². The molecule has 78 heavy (non-hydrogen) atoms. The molecule has 0 saturated heterocycles. The van der Waals surface area contributed by atoms with Crippen molar-refractivity contribution in [1.29, 1.82) is 0 Å². The van der Waals surface area contributed by atoms with Crippen LogP contribution < -0.4 is 33.0 Å². The van der Waals surface area contributed by atoms with Crippen LogP contribution in [0.2, 0.25) is 20.1 Å². The van der Waals surface area contributed by atoms with E-state index in [-0.39, 0.29) is 34.3 Å². The molecule has 3 aliphatic carbocycles. The van der Waals surface area contributed by atoms with Gasteiger partial charge in [0.1, 0.15) is 23.1 Å². The first-order chi connectivity index (χ1) is 37.8. The Morgan fingerprint density at radius 3 is 2.04 bits per heavy atom. The van der Waals surface area contributed by atoms with Crippen molar-refractivity contribution >= 4 is 118 Å². The van der Waals surface area contributed by atoms with Gasteiger partial charge in [-0.15, -0.1) is 0 Å². The largest absolute Gasteiger partial charge is 0.372 e. The zero-order valence-corrected chi connectivity index (χ0v) is 46.8. The average molecular weight is 1180 g/mol. The highest BCUT2D eigenvalue weighted by Crippen LogP contribution is 2.49. The number of anilines is 4. The number of aryl methyl sites for hydroxylation is 2. The molecule has 0 amide bonds. The van der Waals surface area contributed by atoms with Crippen LogP contribution >= 0.6 is 62.3 Å². The Kier molecular flexibility index (Phi) is 12.8. The zero-order valence-electron chi connectivity index (χ0n) is 42.2. The summed E-state index contributed by atoms with van der Waals surface area (Å²) < 4.78 is 11.1. The molecule has 392 valence electrons. The Hall–Kier alpha value is -7.01. The number of halogens is 5. The molecule has 19 heteroatoms. The molecule has 3 fully saturated rings. The van der Waals surface area contributed by atoms with Crippen LogP contribution in [0, 0.1) is 12.8 Å². The Morgan fingerprint density at radius 1 is 0.667 bits per heavy atom. The van der Waals surface area contributed by atoms with E-state index >= 15 is 0 Å². The molecule has 0 spiro atoms. The van der Waals surface area contributed by atoms with E-state index in [4.69, 9.17) is 50.9 Å². The number of nitrogens with one attached hydrogen (secondary N) is 3. The minimum atomic E-state index is -0.586. The van der Waals surface area contributed by atoms with E-state index in [9.17, 15) is 14.4 Å². The van der Waals surface area contributed by atoms with Crippen LogP contribution in [0.4, 0.5) is 23.1 Å². The zero-order chi connectivity index (χ0) is 53.8. The second-order valence-electron chi connectivity index (χ2n) is 20.5. The van der Waals surface area contributed by atoms with Crippen LogP contribution in [0.15, 0.2) is 127 Å². The number of hydrogen-bond acceptors (Lipinski definition) is 11. The van der Waals surface area contributed by atoms with Crippen LogP contribution in [-0.4, -0.2) is 47.4 Å². The van der Waals surface area contributed by atoms with E-state index in [1.165, 1.54) is 44.9 Å². The molecular weight excluding hydrogens is 1130 g/mol. The fourth-order valence-electron chi connectivity index (χ4n) is 11.1. The van der Waals surface area contributed by atoms with E-state index in [1.807, 2.05) is 19.2 Å². The molecule has 0 aliphatic heterocycles. The van der Waals surface area contributed by atoms with Crippen molar-refractivity contribution in [3.63, 3.8) is 0 Å². The third-order valence-electron chi connectivity index (χ3n) is 15.4. The average Bonchev–Trinajstić information content (AvgIpc) is 4.38. The second-order valence-corrected chi connectivity index (χ2v) is 23.0. The van der Waals surface area contributed by atoms with E-state index in [2.05, 4.69) is 96.2 Å². The summed E-state index contributed by atoms with van der Waals surface area (Å²) >= 11 is 30.9. The Bertz CT molecular complexity index is 4360. The van der Waals surface area contributed by atoms with Gasteiger partial charge in [0.2, 0.25) is 0 Å². The third kappa shape index (κ3) is 8.93. The highest BCUT2D eigenvalue weighted by Gasteiger charge is 2.39. The van der Waals surface area contributed by atoms with Crippen LogP contribution in [0.5, 0.6) is 0 Å². The number of benzene rings is 6. The van der Waals surface area contributed by atoms with Gasteiger partial charge in [0.05, 0.1) is 54.9 Å². The lowest BCUT2D eigenvalue weighted by molar-refractivity contribution is 0.432. The van der Waals surface area contributed by atoms with Gasteiger partial charge >= 0.3 is 17.1 Å². The topological polar surface area (TPSA) is 167 Å². The van der Waals surface area contributed by atoms with Crippen LogP contribution in [-0.2, 0) is 6.42 Å². The molecule has 0 bridgehead atoms. The molecule has 2 unspecified atom stereocenters.